The predicted octanol–water partition coefficient (Wildman–Crippen LogP) is 3.65. The van der Waals surface area contributed by atoms with Gasteiger partial charge >= 0.3 is 5.97 Å². The van der Waals surface area contributed by atoms with Crippen LogP contribution in [0.25, 0.3) is 10.6 Å². The van der Waals surface area contributed by atoms with E-state index in [-0.39, 0.29) is 5.15 Å². The highest BCUT2D eigenvalue weighted by Crippen LogP contribution is 2.36. The number of hydrogen-bond acceptors (Lipinski definition) is 5. The zero-order valence-electron chi connectivity index (χ0n) is 10.5. The smallest absolute Gasteiger partial charge is 0.351 e. The van der Waals surface area contributed by atoms with E-state index >= 15 is 0 Å². The van der Waals surface area contributed by atoms with Crippen LogP contribution in [-0.2, 0) is 4.74 Å². The summed E-state index contributed by atoms with van der Waals surface area (Å²) in [4.78, 5) is 16.0. The van der Waals surface area contributed by atoms with Gasteiger partial charge in [0.15, 0.2) is 10.0 Å². The number of ether oxygens (including phenoxy) is 2. The van der Waals surface area contributed by atoms with Crippen molar-refractivity contribution in [2.24, 2.45) is 0 Å². The summed E-state index contributed by atoms with van der Waals surface area (Å²) in [6.45, 7) is 2.46. The fourth-order valence-electron chi connectivity index (χ4n) is 1.56. The molecule has 0 atom stereocenters. The first kappa shape index (κ1) is 13.8. The van der Waals surface area contributed by atoms with Gasteiger partial charge in [-0.1, -0.05) is 23.7 Å². The van der Waals surface area contributed by atoms with Crippen LogP contribution in [0.4, 0.5) is 0 Å². The molecule has 0 aliphatic heterocycles. The summed E-state index contributed by atoms with van der Waals surface area (Å²) in [6.07, 6.45) is 0. The first-order valence-electron chi connectivity index (χ1n) is 5.64. The molecule has 2 aromatic rings. The second-order valence-electron chi connectivity index (χ2n) is 3.56. The third-order valence-electron chi connectivity index (χ3n) is 2.37. The zero-order chi connectivity index (χ0) is 13.8. The lowest BCUT2D eigenvalue weighted by atomic mass is 10.2. The van der Waals surface area contributed by atoms with Crippen molar-refractivity contribution in [2.75, 3.05) is 13.7 Å². The van der Waals surface area contributed by atoms with Crippen molar-refractivity contribution in [3.8, 4) is 16.3 Å². The molecule has 19 heavy (non-hydrogen) atoms. The SMILES string of the molecule is CCOc1ccccc1-c1nc(Cl)c(C(=O)OC)s1. The van der Waals surface area contributed by atoms with Crippen LogP contribution in [0.3, 0.4) is 0 Å². The van der Waals surface area contributed by atoms with E-state index in [4.69, 9.17) is 16.3 Å². The molecule has 1 aromatic heterocycles. The molecule has 100 valence electrons. The number of thiazole rings is 1. The Morgan fingerprint density at radius 3 is 2.84 bits per heavy atom. The third kappa shape index (κ3) is 2.88. The van der Waals surface area contributed by atoms with Gasteiger partial charge in [-0.3, -0.25) is 0 Å². The van der Waals surface area contributed by atoms with Gasteiger partial charge in [0.1, 0.15) is 10.8 Å². The van der Waals surface area contributed by atoms with Crippen LogP contribution < -0.4 is 4.74 Å². The van der Waals surface area contributed by atoms with E-state index in [0.29, 0.717) is 22.2 Å². The van der Waals surface area contributed by atoms with Crippen molar-refractivity contribution in [3.63, 3.8) is 0 Å². The Morgan fingerprint density at radius 2 is 2.16 bits per heavy atom. The zero-order valence-corrected chi connectivity index (χ0v) is 12.0. The summed E-state index contributed by atoms with van der Waals surface area (Å²) in [7, 11) is 1.31. The molecule has 0 bridgehead atoms. The number of halogens is 1. The molecule has 0 aliphatic rings. The van der Waals surface area contributed by atoms with Crippen LogP contribution in [0.15, 0.2) is 24.3 Å². The average Bonchev–Trinajstić information content (AvgIpc) is 2.81. The van der Waals surface area contributed by atoms with E-state index in [1.165, 1.54) is 18.4 Å². The number of methoxy groups -OCH3 is 1. The number of para-hydroxylation sites is 1. The quantitative estimate of drug-likeness (QED) is 0.808. The van der Waals surface area contributed by atoms with Crippen LogP contribution in [0, 0.1) is 0 Å². The van der Waals surface area contributed by atoms with Crippen LogP contribution in [-0.4, -0.2) is 24.7 Å². The van der Waals surface area contributed by atoms with Crippen molar-refractivity contribution >= 4 is 28.9 Å². The second-order valence-corrected chi connectivity index (χ2v) is 4.92. The minimum Gasteiger partial charge on any atom is -0.493 e. The molecule has 4 nitrogen and oxygen atoms in total. The Balaban J connectivity index is 2.45. The molecule has 1 heterocycles. The lowest BCUT2D eigenvalue weighted by Crippen LogP contribution is -1.98. The van der Waals surface area contributed by atoms with Crippen molar-refractivity contribution in [1.29, 1.82) is 0 Å². The number of rotatable bonds is 4. The molecule has 1 aromatic carbocycles. The Hall–Kier alpha value is -1.59. The minimum atomic E-state index is -0.484. The number of carbonyl (C=O) groups excluding carboxylic acids is 1. The minimum absolute atomic E-state index is 0.151. The van der Waals surface area contributed by atoms with E-state index in [9.17, 15) is 4.79 Å². The summed E-state index contributed by atoms with van der Waals surface area (Å²) in [5.41, 5.74) is 0.811. The fraction of sp³-hybridized carbons (Fsp3) is 0.231. The Labute approximate surface area is 120 Å². The number of hydrogen-bond donors (Lipinski definition) is 0. The highest BCUT2D eigenvalue weighted by atomic mass is 35.5. The van der Waals surface area contributed by atoms with Gasteiger partial charge in [0.25, 0.3) is 0 Å². The molecule has 6 heteroatoms. The summed E-state index contributed by atoms with van der Waals surface area (Å²) < 4.78 is 10.2. The molecule has 0 fully saturated rings. The van der Waals surface area contributed by atoms with Crippen LogP contribution >= 0.6 is 22.9 Å². The topological polar surface area (TPSA) is 48.4 Å². The maximum Gasteiger partial charge on any atom is 0.351 e. The first-order valence-corrected chi connectivity index (χ1v) is 6.83. The van der Waals surface area contributed by atoms with Crippen molar-refractivity contribution < 1.29 is 14.3 Å². The summed E-state index contributed by atoms with van der Waals surface area (Å²) >= 11 is 7.14. The Kier molecular flexibility index (Phi) is 4.39. The standard InChI is InChI=1S/C13H12ClNO3S/c1-3-18-9-7-5-4-6-8(9)12-15-11(14)10(19-12)13(16)17-2/h4-7H,3H2,1-2H3. The first-order chi connectivity index (χ1) is 9.17. The van der Waals surface area contributed by atoms with Crippen molar-refractivity contribution in [1.82, 2.24) is 4.98 Å². The molecular formula is C13H12ClNO3S. The average molecular weight is 298 g/mol. The molecule has 0 amide bonds. The van der Waals surface area contributed by atoms with Gasteiger partial charge in [0.05, 0.1) is 19.3 Å². The van der Waals surface area contributed by atoms with Gasteiger partial charge in [-0.25, -0.2) is 9.78 Å². The lowest BCUT2D eigenvalue weighted by Gasteiger charge is -2.06. The highest BCUT2D eigenvalue weighted by molar-refractivity contribution is 7.17. The molecule has 2 rings (SSSR count). The maximum absolute atomic E-state index is 11.5. The second kappa shape index (κ2) is 6.04. The number of benzene rings is 1. The maximum atomic E-state index is 11.5. The molecule has 0 saturated carbocycles. The number of nitrogens with zero attached hydrogens (tertiary/aromatic N) is 1. The van der Waals surface area contributed by atoms with Crippen LogP contribution in [0.5, 0.6) is 5.75 Å². The number of esters is 1. The summed E-state index contributed by atoms with van der Waals surface area (Å²) in [6, 6.07) is 7.49. The lowest BCUT2D eigenvalue weighted by molar-refractivity contribution is 0.0606. The van der Waals surface area contributed by atoms with Gasteiger partial charge < -0.3 is 9.47 Å². The molecule has 0 spiro atoms. The van der Waals surface area contributed by atoms with Crippen LogP contribution in [0.2, 0.25) is 5.15 Å². The fourth-order valence-corrected chi connectivity index (χ4v) is 2.79. The van der Waals surface area contributed by atoms with E-state index in [1.54, 1.807) is 0 Å². The van der Waals surface area contributed by atoms with Crippen molar-refractivity contribution in [2.45, 2.75) is 6.92 Å². The monoisotopic (exact) mass is 297 g/mol. The van der Waals surface area contributed by atoms with Gasteiger partial charge in [-0.2, -0.15) is 0 Å². The Bertz CT molecular complexity index is 597. The van der Waals surface area contributed by atoms with Gasteiger partial charge in [0.2, 0.25) is 0 Å². The van der Waals surface area contributed by atoms with E-state index < -0.39 is 5.97 Å². The Morgan fingerprint density at radius 1 is 1.42 bits per heavy atom. The number of aromatic nitrogens is 1. The molecular weight excluding hydrogens is 286 g/mol. The van der Waals surface area contributed by atoms with E-state index in [2.05, 4.69) is 9.72 Å². The van der Waals surface area contributed by atoms with Gasteiger partial charge in [-0.05, 0) is 19.1 Å². The van der Waals surface area contributed by atoms with E-state index in [0.717, 1.165) is 5.56 Å². The summed E-state index contributed by atoms with van der Waals surface area (Å²) in [5, 5.41) is 0.785. The number of carbonyl (C=O) groups is 1. The van der Waals surface area contributed by atoms with Crippen molar-refractivity contribution in [3.05, 3.63) is 34.3 Å². The normalized spacial score (nSPS) is 10.3. The molecule has 0 N–H and O–H groups in total. The molecule has 0 radical (unpaired) electrons. The van der Waals surface area contributed by atoms with Gasteiger partial charge in [0, 0.05) is 0 Å². The predicted molar refractivity (Wildman–Crippen MR) is 75.1 cm³/mol. The van der Waals surface area contributed by atoms with E-state index in [1.807, 2.05) is 31.2 Å². The van der Waals surface area contributed by atoms with Crippen LogP contribution in [0.1, 0.15) is 16.6 Å². The molecule has 0 aliphatic carbocycles. The molecule has 0 saturated heterocycles. The molecule has 0 unspecified atom stereocenters. The highest BCUT2D eigenvalue weighted by Gasteiger charge is 2.19. The van der Waals surface area contributed by atoms with Gasteiger partial charge in [-0.15, -0.1) is 11.3 Å². The third-order valence-corrected chi connectivity index (χ3v) is 3.83. The summed E-state index contributed by atoms with van der Waals surface area (Å²) in [5.74, 6) is 0.231. The largest absolute Gasteiger partial charge is 0.493 e.